The van der Waals surface area contributed by atoms with E-state index in [9.17, 15) is 10.1 Å². The second-order valence-corrected chi connectivity index (χ2v) is 7.76. The van der Waals surface area contributed by atoms with Crippen LogP contribution in [0.3, 0.4) is 0 Å². The maximum atomic E-state index is 10.9. The minimum Gasteiger partial charge on any atom is -0.748 e. The molecule has 1 aromatic carbocycles. The van der Waals surface area contributed by atoms with Crippen LogP contribution in [0.4, 0.5) is 11.4 Å². The number of hydrogen-bond donors (Lipinski definition) is 0. The van der Waals surface area contributed by atoms with Gasteiger partial charge in [-0.3, -0.25) is 10.1 Å². The second-order valence-electron chi connectivity index (χ2n) is 6.35. The van der Waals surface area contributed by atoms with E-state index in [0.29, 0.717) is 17.9 Å². The van der Waals surface area contributed by atoms with Crippen molar-refractivity contribution in [3.05, 3.63) is 52.6 Å². The van der Waals surface area contributed by atoms with E-state index in [4.69, 9.17) is 13.0 Å². The van der Waals surface area contributed by atoms with E-state index in [2.05, 4.69) is 22.0 Å². The van der Waals surface area contributed by atoms with E-state index in [-0.39, 0.29) is 10.6 Å². The summed E-state index contributed by atoms with van der Waals surface area (Å²) in [6.07, 6.45) is 7.92. The molecular formula is C16H22N4O5S. The van der Waals surface area contributed by atoms with Crippen molar-refractivity contribution >= 4 is 21.5 Å². The molecule has 142 valence electrons. The first-order chi connectivity index (χ1) is 12.0. The third-order valence-electron chi connectivity index (χ3n) is 4.12. The number of aryl methyl sites for hydroxylation is 2. The lowest BCUT2D eigenvalue weighted by molar-refractivity contribution is -0.671. The summed E-state index contributed by atoms with van der Waals surface area (Å²) in [7, 11) is -1.90. The number of benzene rings is 1. The number of aromatic nitrogens is 2. The van der Waals surface area contributed by atoms with Gasteiger partial charge in [0.25, 0.3) is 5.69 Å². The summed E-state index contributed by atoms with van der Waals surface area (Å²) in [6, 6.07) is 5.83. The van der Waals surface area contributed by atoms with Crippen LogP contribution in [0.5, 0.6) is 0 Å². The molecule has 0 bridgehead atoms. The van der Waals surface area contributed by atoms with Crippen LogP contribution in [0, 0.1) is 17.0 Å². The molecule has 0 saturated carbocycles. The Bertz CT molecular complexity index is 886. The lowest BCUT2D eigenvalue weighted by atomic mass is 10.1. The highest BCUT2D eigenvalue weighted by molar-refractivity contribution is 7.84. The average molecular weight is 382 g/mol. The molecule has 1 atom stereocenters. The molecule has 26 heavy (non-hydrogen) atoms. The summed E-state index contributed by atoms with van der Waals surface area (Å²) in [5.41, 5.74) is 1.97. The van der Waals surface area contributed by atoms with Crippen molar-refractivity contribution in [2.45, 2.75) is 19.4 Å². The fourth-order valence-electron chi connectivity index (χ4n) is 2.95. The normalized spacial score (nSPS) is 16.9. The predicted octanol–water partition coefficient (Wildman–Crippen LogP) is 1.14. The summed E-state index contributed by atoms with van der Waals surface area (Å²) in [4.78, 5) is 12.8. The van der Waals surface area contributed by atoms with Gasteiger partial charge >= 0.3 is 0 Å². The Morgan fingerprint density at radius 3 is 2.50 bits per heavy atom. The largest absolute Gasteiger partial charge is 0.748 e. The van der Waals surface area contributed by atoms with Gasteiger partial charge in [-0.25, -0.2) is 17.6 Å². The molecule has 1 aliphatic rings. The molecule has 10 heteroatoms. The summed E-state index contributed by atoms with van der Waals surface area (Å²) in [5.74, 6) is 0. The van der Waals surface area contributed by atoms with Gasteiger partial charge < -0.3 is 9.45 Å². The van der Waals surface area contributed by atoms with E-state index >= 15 is 0 Å². The van der Waals surface area contributed by atoms with Crippen LogP contribution in [-0.4, -0.2) is 41.8 Å². The molecule has 9 nitrogen and oxygen atoms in total. The van der Waals surface area contributed by atoms with E-state index in [1.807, 2.05) is 29.9 Å². The van der Waals surface area contributed by atoms with Crippen LogP contribution in [0.1, 0.15) is 18.0 Å². The van der Waals surface area contributed by atoms with Crippen LogP contribution in [0.2, 0.25) is 0 Å². The monoisotopic (exact) mass is 382 g/mol. The van der Waals surface area contributed by atoms with E-state index in [0.717, 1.165) is 25.2 Å². The maximum Gasteiger partial charge on any atom is 0.272 e. The van der Waals surface area contributed by atoms with Crippen molar-refractivity contribution in [2.24, 2.45) is 7.05 Å². The molecule has 2 heterocycles. The molecule has 0 radical (unpaired) electrons. The Morgan fingerprint density at radius 1 is 1.35 bits per heavy atom. The maximum absolute atomic E-state index is 10.9. The number of rotatable bonds is 3. The van der Waals surface area contributed by atoms with Crippen molar-refractivity contribution < 1.29 is 22.5 Å². The smallest absolute Gasteiger partial charge is 0.272 e. The van der Waals surface area contributed by atoms with E-state index < -0.39 is 10.1 Å². The highest BCUT2D eigenvalue weighted by atomic mass is 32.2. The zero-order chi connectivity index (χ0) is 19.5. The third-order valence-corrected chi connectivity index (χ3v) is 4.12. The lowest BCUT2D eigenvalue weighted by Crippen LogP contribution is -2.25. The van der Waals surface area contributed by atoms with Gasteiger partial charge in [-0.2, -0.15) is 0 Å². The summed E-state index contributed by atoms with van der Waals surface area (Å²) >= 11 is 0. The number of hydrogen-bond acceptors (Lipinski definition) is 6. The SMILES string of the molecule is CS(=O)(=O)[O-].Cc1cc(N2CCC(n3cc[n+](C)c3)C2)ccc1[N+](=O)[O-]. The van der Waals surface area contributed by atoms with Crippen LogP contribution in [-0.2, 0) is 17.2 Å². The third kappa shape index (κ3) is 5.53. The van der Waals surface area contributed by atoms with Crippen LogP contribution >= 0.6 is 0 Å². The summed E-state index contributed by atoms with van der Waals surface area (Å²) in [6.45, 7) is 3.71. The van der Waals surface area contributed by atoms with E-state index in [1.54, 1.807) is 13.0 Å². The van der Waals surface area contributed by atoms with Crippen molar-refractivity contribution in [1.82, 2.24) is 4.57 Å². The number of imidazole rings is 1. The van der Waals surface area contributed by atoms with Crippen molar-refractivity contribution in [3.63, 3.8) is 0 Å². The predicted molar refractivity (Wildman–Crippen MR) is 94.9 cm³/mol. The molecule has 1 aromatic heterocycles. The molecule has 0 spiro atoms. The zero-order valence-electron chi connectivity index (χ0n) is 14.9. The molecular weight excluding hydrogens is 360 g/mol. The van der Waals surface area contributed by atoms with Crippen LogP contribution in [0.15, 0.2) is 36.9 Å². The molecule has 2 aromatic rings. The Balaban J connectivity index is 0.000000431. The topological polar surface area (TPSA) is 112 Å². The van der Waals surface area contributed by atoms with Gasteiger partial charge in [0.2, 0.25) is 6.33 Å². The number of anilines is 1. The molecule has 0 aliphatic carbocycles. The fraction of sp³-hybridized carbons (Fsp3) is 0.438. The molecule has 1 saturated heterocycles. The fourth-order valence-corrected chi connectivity index (χ4v) is 2.95. The van der Waals surface area contributed by atoms with Gasteiger partial charge in [-0.1, -0.05) is 0 Å². The minimum absolute atomic E-state index is 0.187. The van der Waals surface area contributed by atoms with Gasteiger partial charge in [0.05, 0.1) is 28.6 Å². The first kappa shape index (κ1) is 19.9. The van der Waals surface area contributed by atoms with Crippen molar-refractivity contribution in [3.8, 4) is 0 Å². The first-order valence-electron chi connectivity index (χ1n) is 7.98. The Labute approximate surface area is 152 Å². The van der Waals surface area contributed by atoms with Crippen molar-refractivity contribution in [1.29, 1.82) is 0 Å². The minimum atomic E-state index is -3.92. The number of nitro benzene ring substituents is 1. The number of nitro groups is 1. The van der Waals surface area contributed by atoms with Gasteiger partial charge in [0.15, 0.2) is 0 Å². The van der Waals surface area contributed by atoms with Gasteiger partial charge in [0.1, 0.15) is 18.4 Å². The van der Waals surface area contributed by atoms with E-state index in [1.165, 1.54) is 0 Å². The molecule has 0 amide bonds. The second kappa shape index (κ2) is 7.83. The first-order valence-corrected chi connectivity index (χ1v) is 9.80. The Hall–Kier alpha value is -2.46. The standard InChI is InChI=1S/C15H19N4O2.CH4O3S/c1-12-9-13(3-4-15(12)19(20)21)17-6-5-14(10-17)18-8-7-16(2)11-18;1-5(2,3)4/h3-4,7-9,11,14H,5-6,10H2,1-2H3;1H3,(H,2,3,4)/q+1;/p-1. The Morgan fingerprint density at radius 2 is 2.00 bits per heavy atom. The van der Waals surface area contributed by atoms with Gasteiger partial charge in [-0.15, -0.1) is 0 Å². The molecule has 3 rings (SSSR count). The van der Waals surface area contributed by atoms with Crippen LogP contribution in [0.25, 0.3) is 0 Å². The summed E-state index contributed by atoms with van der Waals surface area (Å²) in [5, 5.41) is 10.9. The van der Waals surface area contributed by atoms with Gasteiger partial charge in [0, 0.05) is 36.5 Å². The average Bonchev–Trinajstić information content (AvgIpc) is 3.13. The quantitative estimate of drug-likeness (QED) is 0.340. The molecule has 1 unspecified atom stereocenters. The van der Waals surface area contributed by atoms with Crippen molar-refractivity contribution in [2.75, 3.05) is 24.2 Å². The lowest BCUT2D eigenvalue weighted by Gasteiger charge is -2.18. The summed E-state index contributed by atoms with van der Waals surface area (Å²) < 4.78 is 31.5. The molecule has 1 fully saturated rings. The van der Waals surface area contributed by atoms with Gasteiger partial charge in [-0.05, 0) is 19.1 Å². The Kier molecular flexibility index (Phi) is 5.98. The highest BCUT2D eigenvalue weighted by Crippen LogP contribution is 2.29. The molecule has 0 N–H and O–H groups in total. The molecule has 1 aliphatic heterocycles. The van der Waals surface area contributed by atoms with Crippen LogP contribution < -0.4 is 9.47 Å². The number of nitrogens with zero attached hydrogens (tertiary/aromatic N) is 4. The zero-order valence-corrected chi connectivity index (χ0v) is 15.7. The highest BCUT2D eigenvalue weighted by Gasteiger charge is 2.28.